The van der Waals surface area contributed by atoms with Crippen LogP contribution < -0.4 is 10.6 Å². The zero-order valence-corrected chi connectivity index (χ0v) is 11.2. The summed E-state index contributed by atoms with van der Waals surface area (Å²) in [5, 5.41) is 12.0. The zero-order valence-electron chi connectivity index (χ0n) is 11.2. The van der Waals surface area contributed by atoms with Crippen LogP contribution in [0, 0.1) is 5.82 Å². The van der Waals surface area contributed by atoms with Crippen LogP contribution in [-0.4, -0.2) is 26.1 Å². The van der Waals surface area contributed by atoms with Gasteiger partial charge in [0.1, 0.15) is 17.3 Å². The van der Waals surface area contributed by atoms with E-state index >= 15 is 0 Å². The van der Waals surface area contributed by atoms with Crippen molar-refractivity contribution in [2.24, 2.45) is 0 Å². The lowest BCUT2D eigenvalue weighted by atomic mass is 10.3. The molecule has 0 aliphatic carbocycles. The van der Waals surface area contributed by atoms with E-state index in [0.29, 0.717) is 17.2 Å². The van der Waals surface area contributed by atoms with Crippen LogP contribution in [0.5, 0.6) is 0 Å². The van der Waals surface area contributed by atoms with Crippen molar-refractivity contribution >= 4 is 23.1 Å². The van der Waals surface area contributed by atoms with Gasteiger partial charge in [0.15, 0.2) is 0 Å². The predicted octanol–water partition coefficient (Wildman–Crippen LogP) is 2.33. The molecule has 0 unspecified atom stereocenters. The van der Waals surface area contributed by atoms with E-state index in [1.807, 2.05) is 0 Å². The van der Waals surface area contributed by atoms with Gasteiger partial charge >= 0.3 is 0 Å². The standard InChI is InChI=1S/C14H11FN6O/c15-9-1-3-10(4-2-9)19-14(22)13-11(7-18-21-13)20-12-8-16-5-6-17-12/h1-8H,(H,17,20)(H,18,21)(H,19,22). The van der Waals surface area contributed by atoms with Gasteiger partial charge in [-0.05, 0) is 24.3 Å². The van der Waals surface area contributed by atoms with Gasteiger partial charge in [-0.2, -0.15) is 5.10 Å². The molecule has 0 saturated heterocycles. The molecule has 1 aromatic carbocycles. The highest BCUT2D eigenvalue weighted by Crippen LogP contribution is 2.18. The maximum Gasteiger partial charge on any atom is 0.275 e. The van der Waals surface area contributed by atoms with E-state index in [4.69, 9.17) is 0 Å². The second-order valence-corrected chi connectivity index (χ2v) is 4.34. The third-order valence-electron chi connectivity index (χ3n) is 2.79. The van der Waals surface area contributed by atoms with Crippen molar-refractivity contribution in [1.29, 1.82) is 0 Å². The second kappa shape index (κ2) is 6.00. The minimum absolute atomic E-state index is 0.231. The van der Waals surface area contributed by atoms with Gasteiger partial charge in [-0.3, -0.25) is 14.9 Å². The number of hydrogen-bond acceptors (Lipinski definition) is 5. The van der Waals surface area contributed by atoms with Gasteiger partial charge in [-0.15, -0.1) is 0 Å². The molecule has 8 heteroatoms. The quantitative estimate of drug-likeness (QED) is 0.687. The highest BCUT2D eigenvalue weighted by molar-refractivity contribution is 6.06. The number of benzene rings is 1. The molecule has 22 heavy (non-hydrogen) atoms. The number of H-pyrrole nitrogens is 1. The number of aromatic amines is 1. The highest BCUT2D eigenvalue weighted by atomic mass is 19.1. The molecule has 0 atom stereocenters. The molecular formula is C14H11FN6O. The Kier molecular flexibility index (Phi) is 3.73. The van der Waals surface area contributed by atoms with Gasteiger partial charge in [-0.25, -0.2) is 9.37 Å². The van der Waals surface area contributed by atoms with Crippen LogP contribution in [0.25, 0.3) is 0 Å². The van der Waals surface area contributed by atoms with Gasteiger partial charge in [0.2, 0.25) is 0 Å². The maximum absolute atomic E-state index is 12.9. The third-order valence-corrected chi connectivity index (χ3v) is 2.79. The van der Waals surface area contributed by atoms with Crippen molar-refractivity contribution in [2.45, 2.75) is 0 Å². The fourth-order valence-electron chi connectivity index (χ4n) is 1.78. The Morgan fingerprint density at radius 3 is 2.68 bits per heavy atom. The number of carbonyl (C=O) groups is 1. The molecule has 3 aromatic rings. The molecule has 7 nitrogen and oxygen atoms in total. The van der Waals surface area contributed by atoms with E-state index in [2.05, 4.69) is 30.8 Å². The Hall–Kier alpha value is -3.29. The van der Waals surface area contributed by atoms with E-state index in [1.165, 1.54) is 42.9 Å². The minimum Gasteiger partial charge on any atom is -0.336 e. The number of rotatable bonds is 4. The summed E-state index contributed by atoms with van der Waals surface area (Å²) < 4.78 is 12.9. The molecule has 3 N–H and O–H groups in total. The molecule has 0 fully saturated rings. The number of carbonyl (C=O) groups excluding carboxylic acids is 1. The first kappa shape index (κ1) is 13.7. The molecule has 2 aromatic heterocycles. The van der Waals surface area contributed by atoms with Crippen molar-refractivity contribution in [3.63, 3.8) is 0 Å². The lowest BCUT2D eigenvalue weighted by Crippen LogP contribution is -2.14. The number of hydrogen-bond donors (Lipinski definition) is 3. The van der Waals surface area contributed by atoms with Crippen LogP contribution in [0.15, 0.2) is 49.1 Å². The first-order valence-electron chi connectivity index (χ1n) is 6.36. The number of anilines is 3. The summed E-state index contributed by atoms with van der Waals surface area (Å²) in [7, 11) is 0. The molecule has 3 rings (SSSR count). The molecule has 0 radical (unpaired) electrons. The number of aromatic nitrogens is 4. The summed E-state index contributed by atoms with van der Waals surface area (Å²) in [4.78, 5) is 20.2. The molecule has 2 heterocycles. The summed E-state index contributed by atoms with van der Waals surface area (Å²) in [5.41, 5.74) is 1.17. The van der Waals surface area contributed by atoms with Crippen molar-refractivity contribution in [3.05, 3.63) is 60.6 Å². The summed E-state index contributed by atoms with van der Waals surface area (Å²) >= 11 is 0. The Labute approximate surface area is 124 Å². The van der Waals surface area contributed by atoms with E-state index in [-0.39, 0.29) is 11.5 Å². The molecule has 0 spiro atoms. The molecule has 0 aliphatic heterocycles. The number of nitrogens with zero attached hydrogens (tertiary/aromatic N) is 3. The lowest BCUT2D eigenvalue weighted by Gasteiger charge is -2.07. The topological polar surface area (TPSA) is 95.6 Å². The first-order chi connectivity index (χ1) is 10.7. The van der Waals surface area contributed by atoms with Crippen LogP contribution in [0.1, 0.15) is 10.5 Å². The van der Waals surface area contributed by atoms with E-state index in [1.54, 1.807) is 6.20 Å². The largest absolute Gasteiger partial charge is 0.336 e. The Bertz CT molecular complexity index is 772. The normalized spacial score (nSPS) is 10.2. The molecular weight excluding hydrogens is 287 g/mol. The zero-order chi connectivity index (χ0) is 15.4. The molecule has 110 valence electrons. The van der Waals surface area contributed by atoms with Gasteiger partial charge in [0.25, 0.3) is 5.91 Å². The summed E-state index contributed by atoms with van der Waals surface area (Å²) in [6.07, 6.45) is 6.06. The Balaban J connectivity index is 1.76. The molecule has 0 aliphatic rings. The van der Waals surface area contributed by atoms with Gasteiger partial charge in [0, 0.05) is 18.1 Å². The number of nitrogens with one attached hydrogen (secondary N) is 3. The van der Waals surface area contributed by atoms with Crippen LogP contribution >= 0.6 is 0 Å². The van der Waals surface area contributed by atoms with E-state index in [0.717, 1.165) is 0 Å². The Morgan fingerprint density at radius 2 is 1.95 bits per heavy atom. The monoisotopic (exact) mass is 298 g/mol. The van der Waals surface area contributed by atoms with Crippen molar-refractivity contribution in [3.8, 4) is 0 Å². The van der Waals surface area contributed by atoms with Crippen LogP contribution in [0.4, 0.5) is 21.6 Å². The predicted molar refractivity (Wildman–Crippen MR) is 78.3 cm³/mol. The Morgan fingerprint density at radius 1 is 1.14 bits per heavy atom. The summed E-state index contributed by atoms with van der Waals surface area (Å²) in [6.45, 7) is 0. The van der Waals surface area contributed by atoms with Gasteiger partial charge in [0.05, 0.1) is 18.1 Å². The molecule has 0 saturated carbocycles. The molecule has 0 bridgehead atoms. The number of halogens is 1. The highest BCUT2D eigenvalue weighted by Gasteiger charge is 2.14. The first-order valence-corrected chi connectivity index (χ1v) is 6.36. The van der Waals surface area contributed by atoms with Crippen LogP contribution in [0.3, 0.4) is 0 Å². The average molecular weight is 298 g/mol. The van der Waals surface area contributed by atoms with Gasteiger partial charge in [-0.1, -0.05) is 0 Å². The van der Waals surface area contributed by atoms with Crippen LogP contribution in [0.2, 0.25) is 0 Å². The average Bonchev–Trinajstić information content (AvgIpc) is 2.99. The fourth-order valence-corrected chi connectivity index (χ4v) is 1.78. The third kappa shape index (κ3) is 3.06. The minimum atomic E-state index is -0.407. The smallest absolute Gasteiger partial charge is 0.275 e. The van der Waals surface area contributed by atoms with Crippen LogP contribution in [-0.2, 0) is 0 Å². The lowest BCUT2D eigenvalue weighted by molar-refractivity contribution is 0.102. The summed E-state index contributed by atoms with van der Waals surface area (Å²) in [6, 6.07) is 5.47. The second-order valence-electron chi connectivity index (χ2n) is 4.34. The summed E-state index contributed by atoms with van der Waals surface area (Å²) in [5.74, 6) is -0.292. The fraction of sp³-hybridized carbons (Fsp3) is 0. The van der Waals surface area contributed by atoms with Crippen molar-refractivity contribution in [1.82, 2.24) is 20.2 Å². The van der Waals surface area contributed by atoms with Gasteiger partial charge < -0.3 is 10.6 Å². The number of amides is 1. The van der Waals surface area contributed by atoms with E-state index in [9.17, 15) is 9.18 Å². The van der Waals surface area contributed by atoms with Crippen molar-refractivity contribution in [2.75, 3.05) is 10.6 Å². The van der Waals surface area contributed by atoms with Crippen molar-refractivity contribution < 1.29 is 9.18 Å². The molecule has 1 amide bonds. The maximum atomic E-state index is 12.9. The SMILES string of the molecule is O=C(Nc1ccc(F)cc1)c1[nH]ncc1Nc1cnccn1. The van der Waals surface area contributed by atoms with E-state index < -0.39 is 5.91 Å².